The molecule has 0 amide bonds. The summed E-state index contributed by atoms with van der Waals surface area (Å²) in [5.41, 5.74) is 0. The molecule has 0 aliphatic rings. The van der Waals surface area contributed by atoms with E-state index in [2.05, 4.69) is 20.4 Å². The number of rotatable bonds is 2. The molecule has 0 spiro atoms. The summed E-state index contributed by atoms with van der Waals surface area (Å²) >= 11 is 1.35. The standard InChI is InChI=1S/C7H9N5OS/c1-5-11-6(13-12-5)3-9-7(14-2)10-4-8/h3H2,1-2H3,(H,9,10). The van der Waals surface area contributed by atoms with Crippen LogP contribution < -0.4 is 5.32 Å². The summed E-state index contributed by atoms with van der Waals surface area (Å²) in [6.45, 7) is 2.02. The Labute approximate surface area is 85.4 Å². The molecule has 0 saturated heterocycles. The number of nitrogens with one attached hydrogen (secondary N) is 1. The quantitative estimate of drug-likeness (QED) is 0.335. The summed E-state index contributed by atoms with van der Waals surface area (Å²) in [6, 6.07) is 0. The zero-order valence-electron chi connectivity index (χ0n) is 7.81. The predicted molar refractivity (Wildman–Crippen MR) is 52.4 cm³/mol. The van der Waals surface area contributed by atoms with Crippen LogP contribution >= 0.6 is 11.8 Å². The molecule has 0 bridgehead atoms. The van der Waals surface area contributed by atoms with Crippen molar-refractivity contribution in [3.8, 4) is 6.19 Å². The highest BCUT2D eigenvalue weighted by Crippen LogP contribution is 2.01. The number of hydrogen-bond acceptors (Lipinski definition) is 6. The lowest BCUT2D eigenvalue weighted by Gasteiger charge is -1.96. The minimum Gasteiger partial charge on any atom is -0.337 e. The van der Waals surface area contributed by atoms with Crippen molar-refractivity contribution in [3.05, 3.63) is 11.7 Å². The van der Waals surface area contributed by atoms with Gasteiger partial charge in [-0.15, -0.1) is 0 Å². The second-order valence-electron chi connectivity index (χ2n) is 2.30. The summed E-state index contributed by atoms with van der Waals surface area (Å²) < 4.78 is 4.85. The van der Waals surface area contributed by atoms with Gasteiger partial charge in [-0.05, 0) is 13.2 Å². The Morgan fingerprint density at radius 3 is 3.07 bits per heavy atom. The van der Waals surface area contributed by atoms with Crippen LogP contribution in [0.15, 0.2) is 9.52 Å². The molecule has 7 heteroatoms. The molecule has 0 saturated carbocycles. The van der Waals surface area contributed by atoms with Crippen LogP contribution in [0.25, 0.3) is 0 Å². The first-order valence-electron chi connectivity index (χ1n) is 3.79. The first-order valence-corrected chi connectivity index (χ1v) is 5.01. The van der Waals surface area contributed by atoms with E-state index in [0.717, 1.165) is 0 Å². The average molecular weight is 211 g/mol. The van der Waals surface area contributed by atoms with Crippen molar-refractivity contribution in [3.63, 3.8) is 0 Å². The van der Waals surface area contributed by atoms with Crippen LogP contribution in [0.2, 0.25) is 0 Å². The third-order valence-electron chi connectivity index (χ3n) is 1.28. The minimum atomic E-state index is 0.283. The fraction of sp³-hybridized carbons (Fsp3) is 0.429. The van der Waals surface area contributed by atoms with Gasteiger partial charge < -0.3 is 4.52 Å². The van der Waals surface area contributed by atoms with Gasteiger partial charge in [0.25, 0.3) is 0 Å². The Morgan fingerprint density at radius 2 is 2.57 bits per heavy atom. The maximum absolute atomic E-state index is 8.36. The molecule has 0 aliphatic carbocycles. The van der Waals surface area contributed by atoms with Gasteiger partial charge in [0.15, 0.2) is 17.2 Å². The second-order valence-corrected chi connectivity index (χ2v) is 3.09. The van der Waals surface area contributed by atoms with Gasteiger partial charge in [0, 0.05) is 0 Å². The van der Waals surface area contributed by atoms with Gasteiger partial charge >= 0.3 is 0 Å². The van der Waals surface area contributed by atoms with E-state index in [4.69, 9.17) is 9.78 Å². The zero-order valence-corrected chi connectivity index (χ0v) is 8.63. The van der Waals surface area contributed by atoms with Crippen LogP contribution in [0.1, 0.15) is 11.7 Å². The van der Waals surface area contributed by atoms with Crippen LogP contribution in [-0.2, 0) is 6.54 Å². The molecule has 1 aromatic heterocycles. The van der Waals surface area contributed by atoms with Gasteiger partial charge in [0.05, 0.1) is 0 Å². The van der Waals surface area contributed by atoms with E-state index < -0.39 is 0 Å². The topological polar surface area (TPSA) is 87.1 Å². The second kappa shape index (κ2) is 5.24. The number of nitriles is 1. The van der Waals surface area contributed by atoms with Crippen molar-refractivity contribution in [2.45, 2.75) is 13.5 Å². The average Bonchev–Trinajstić information content (AvgIpc) is 2.59. The normalized spacial score (nSPS) is 11.1. The van der Waals surface area contributed by atoms with Gasteiger partial charge in [-0.25, -0.2) is 0 Å². The Kier molecular flexibility index (Phi) is 3.94. The SMILES string of the molecule is CSC(=NCc1nc(C)no1)NC#N. The van der Waals surface area contributed by atoms with Crippen molar-refractivity contribution in [2.24, 2.45) is 4.99 Å². The molecule has 0 aromatic carbocycles. The Bertz CT molecular complexity index is 366. The summed E-state index contributed by atoms with van der Waals surface area (Å²) in [7, 11) is 0. The molecule has 6 nitrogen and oxygen atoms in total. The van der Waals surface area contributed by atoms with Gasteiger partial charge in [-0.1, -0.05) is 16.9 Å². The largest absolute Gasteiger partial charge is 0.337 e. The molecule has 0 aliphatic heterocycles. The Morgan fingerprint density at radius 1 is 1.79 bits per heavy atom. The maximum atomic E-state index is 8.36. The maximum Gasteiger partial charge on any atom is 0.248 e. The number of nitrogens with zero attached hydrogens (tertiary/aromatic N) is 4. The van der Waals surface area contributed by atoms with E-state index in [0.29, 0.717) is 16.9 Å². The van der Waals surface area contributed by atoms with Crippen molar-refractivity contribution >= 4 is 16.9 Å². The Balaban J connectivity index is 2.57. The summed E-state index contributed by atoms with van der Waals surface area (Å²) in [6.07, 6.45) is 3.61. The van der Waals surface area contributed by atoms with Gasteiger partial charge in [-0.3, -0.25) is 10.3 Å². The molecule has 1 heterocycles. The number of aryl methyl sites for hydroxylation is 1. The zero-order chi connectivity index (χ0) is 10.4. The van der Waals surface area contributed by atoms with Crippen molar-refractivity contribution in [2.75, 3.05) is 6.26 Å². The molecule has 1 rings (SSSR count). The fourth-order valence-electron chi connectivity index (χ4n) is 0.747. The highest BCUT2D eigenvalue weighted by atomic mass is 32.2. The van der Waals surface area contributed by atoms with Crippen molar-refractivity contribution < 1.29 is 4.52 Å². The summed E-state index contributed by atoms with van der Waals surface area (Å²) in [4.78, 5) is 8.04. The van der Waals surface area contributed by atoms with Gasteiger partial charge in [-0.2, -0.15) is 10.2 Å². The molecule has 0 atom stereocenters. The molecule has 1 N–H and O–H groups in total. The highest BCUT2D eigenvalue weighted by Gasteiger charge is 2.01. The molecular weight excluding hydrogens is 202 g/mol. The highest BCUT2D eigenvalue weighted by molar-refractivity contribution is 8.13. The van der Waals surface area contributed by atoms with Crippen LogP contribution in [0.5, 0.6) is 0 Å². The number of aromatic nitrogens is 2. The molecule has 0 radical (unpaired) electrons. The van der Waals surface area contributed by atoms with Gasteiger partial charge in [0.2, 0.25) is 5.89 Å². The van der Waals surface area contributed by atoms with Crippen LogP contribution in [0.4, 0.5) is 0 Å². The monoisotopic (exact) mass is 211 g/mol. The van der Waals surface area contributed by atoms with Gasteiger partial charge in [0.1, 0.15) is 6.54 Å². The first kappa shape index (κ1) is 10.5. The summed E-state index contributed by atoms with van der Waals surface area (Å²) in [5, 5.41) is 15.0. The van der Waals surface area contributed by atoms with Crippen LogP contribution in [0, 0.1) is 18.4 Å². The number of amidine groups is 1. The first-order chi connectivity index (χ1) is 6.76. The lowest BCUT2D eigenvalue weighted by Crippen LogP contribution is -2.13. The molecule has 1 aromatic rings. The van der Waals surface area contributed by atoms with E-state index in [1.807, 2.05) is 6.26 Å². The molecule has 0 fully saturated rings. The van der Waals surface area contributed by atoms with E-state index in [1.165, 1.54) is 11.8 Å². The predicted octanol–water partition coefficient (Wildman–Crippen LogP) is 0.668. The van der Waals surface area contributed by atoms with Crippen molar-refractivity contribution in [1.29, 1.82) is 5.26 Å². The summed E-state index contributed by atoms with van der Waals surface area (Å²) in [5.74, 6) is 1.02. The third kappa shape index (κ3) is 3.06. The van der Waals surface area contributed by atoms with Crippen LogP contribution in [0.3, 0.4) is 0 Å². The number of aliphatic imine (C=N–C) groups is 1. The molecule has 14 heavy (non-hydrogen) atoms. The number of thioether (sulfide) groups is 1. The third-order valence-corrected chi connectivity index (χ3v) is 1.90. The minimum absolute atomic E-state index is 0.283. The van der Waals surface area contributed by atoms with E-state index in [-0.39, 0.29) is 6.54 Å². The van der Waals surface area contributed by atoms with E-state index in [9.17, 15) is 0 Å². The Hall–Kier alpha value is -1.55. The smallest absolute Gasteiger partial charge is 0.248 e. The molecule has 74 valence electrons. The van der Waals surface area contributed by atoms with Crippen molar-refractivity contribution in [1.82, 2.24) is 15.5 Å². The number of hydrogen-bond donors (Lipinski definition) is 1. The van der Waals surface area contributed by atoms with E-state index >= 15 is 0 Å². The lowest BCUT2D eigenvalue weighted by atomic mass is 10.6. The molecular formula is C7H9N5OS. The lowest BCUT2D eigenvalue weighted by molar-refractivity contribution is 0.377. The van der Waals surface area contributed by atoms with Crippen LogP contribution in [-0.4, -0.2) is 21.6 Å². The fourth-order valence-corrected chi connectivity index (χ4v) is 1.09. The molecule has 0 unspecified atom stereocenters. The van der Waals surface area contributed by atoms with E-state index in [1.54, 1.807) is 13.1 Å².